The van der Waals surface area contributed by atoms with Crippen LogP contribution in [0.3, 0.4) is 0 Å². The fourth-order valence-corrected chi connectivity index (χ4v) is 3.48. The summed E-state index contributed by atoms with van der Waals surface area (Å²) in [6.45, 7) is 3.84. The first kappa shape index (κ1) is 11.6. The molecule has 2 atom stereocenters. The van der Waals surface area contributed by atoms with Crippen molar-refractivity contribution in [2.24, 2.45) is 0 Å². The van der Waals surface area contributed by atoms with Crippen LogP contribution in [-0.4, -0.2) is 48.4 Å². The average molecular weight is 254 g/mol. The summed E-state index contributed by atoms with van der Waals surface area (Å²) in [5, 5.41) is 3.23. The lowest BCUT2D eigenvalue weighted by molar-refractivity contribution is 0.00633. The van der Waals surface area contributed by atoms with Crippen molar-refractivity contribution in [3.05, 3.63) is 16.6 Å². The zero-order chi connectivity index (χ0) is 11.7. The Morgan fingerprint density at radius 3 is 3.35 bits per heavy atom. The van der Waals surface area contributed by atoms with Crippen molar-refractivity contribution >= 4 is 11.3 Å². The van der Waals surface area contributed by atoms with Gasteiger partial charge in [0.1, 0.15) is 5.01 Å². The zero-order valence-corrected chi connectivity index (χ0v) is 10.9. The molecule has 4 nitrogen and oxygen atoms in total. The van der Waals surface area contributed by atoms with Crippen molar-refractivity contribution in [2.45, 2.75) is 31.1 Å². The van der Waals surface area contributed by atoms with Crippen LogP contribution in [0.2, 0.25) is 0 Å². The third kappa shape index (κ3) is 2.38. The maximum Gasteiger partial charge on any atom is 0.107 e. The molecule has 2 fully saturated rings. The van der Waals surface area contributed by atoms with Crippen molar-refractivity contribution in [1.82, 2.24) is 9.88 Å². The van der Waals surface area contributed by atoms with E-state index in [1.54, 1.807) is 18.4 Å². The number of ether oxygens (including phenoxy) is 2. The second-order valence-corrected chi connectivity index (χ2v) is 5.92. The molecule has 94 valence electrons. The summed E-state index contributed by atoms with van der Waals surface area (Å²) < 4.78 is 11.4. The molecule has 2 aliphatic rings. The number of likely N-dealkylation sites (tertiary alicyclic amines) is 1. The van der Waals surface area contributed by atoms with Gasteiger partial charge in [0.25, 0.3) is 0 Å². The molecule has 0 radical (unpaired) electrons. The average Bonchev–Trinajstić information content (AvgIpc) is 3.03. The maximum atomic E-state index is 5.97. The van der Waals surface area contributed by atoms with Gasteiger partial charge in [-0.15, -0.1) is 11.3 Å². The quantitative estimate of drug-likeness (QED) is 0.819. The molecule has 0 saturated carbocycles. The van der Waals surface area contributed by atoms with Gasteiger partial charge in [-0.25, -0.2) is 4.98 Å². The van der Waals surface area contributed by atoms with E-state index in [0.717, 1.165) is 39.1 Å². The van der Waals surface area contributed by atoms with E-state index in [1.807, 2.05) is 11.6 Å². The molecule has 1 aromatic heterocycles. The molecule has 0 aliphatic carbocycles. The molecule has 0 N–H and O–H groups in total. The van der Waals surface area contributed by atoms with Gasteiger partial charge < -0.3 is 9.47 Å². The summed E-state index contributed by atoms with van der Waals surface area (Å²) in [5.41, 5.74) is 0.0535. The van der Waals surface area contributed by atoms with Crippen LogP contribution in [0, 0.1) is 0 Å². The van der Waals surface area contributed by atoms with Gasteiger partial charge >= 0.3 is 0 Å². The minimum absolute atomic E-state index is 0.0535. The Morgan fingerprint density at radius 1 is 1.71 bits per heavy atom. The summed E-state index contributed by atoms with van der Waals surface area (Å²) in [4.78, 5) is 6.78. The number of rotatable bonds is 3. The summed E-state index contributed by atoms with van der Waals surface area (Å²) in [6.07, 6.45) is 4.32. The molecular formula is C12H18N2O2S. The highest BCUT2D eigenvalue weighted by Gasteiger charge is 2.45. The molecule has 0 amide bonds. The molecule has 2 saturated heterocycles. The maximum absolute atomic E-state index is 5.97. The number of methoxy groups -OCH3 is 1. The van der Waals surface area contributed by atoms with Crippen LogP contribution in [0.25, 0.3) is 0 Å². The molecule has 1 spiro atoms. The van der Waals surface area contributed by atoms with Crippen molar-refractivity contribution < 1.29 is 9.47 Å². The Hall–Kier alpha value is -0.490. The highest BCUT2D eigenvalue weighted by molar-refractivity contribution is 7.09. The van der Waals surface area contributed by atoms with Gasteiger partial charge in [-0.2, -0.15) is 0 Å². The van der Waals surface area contributed by atoms with Gasteiger partial charge in [0, 0.05) is 38.2 Å². The summed E-state index contributed by atoms with van der Waals surface area (Å²) >= 11 is 1.73. The minimum atomic E-state index is 0.0535. The van der Waals surface area contributed by atoms with Crippen molar-refractivity contribution in [3.63, 3.8) is 0 Å². The van der Waals surface area contributed by atoms with E-state index in [2.05, 4.69) is 9.88 Å². The highest BCUT2D eigenvalue weighted by atomic mass is 32.1. The van der Waals surface area contributed by atoms with E-state index >= 15 is 0 Å². The predicted molar refractivity (Wildman–Crippen MR) is 66.1 cm³/mol. The number of aromatic nitrogens is 1. The largest absolute Gasteiger partial charge is 0.379 e. The number of hydrogen-bond donors (Lipinski definition) is 0. The van der Waals surface area contributed by atoms with Gasteiger partial charge in [0.05, 0.1) is 24.9 Å². The standard InChI is InChI=1S/C12H18N2O2S/c1-15-10-6-12(16-8-10)2-4-14(9-12)7-11-13-3-5-17-11/h3,5,10H,2,4,6-9H2,1H3/t10-,12+/m0/s1. The normalized spacial score (nSPS) is 33.8. The third-order valence-corrected chi connectivity index (χ3v) is 4.51. The first-order chi connectivity index (χ1) is 8.30. The van der Waals surface area contributed by atoms with Crippen LogP contribution >= 0.6 is 11.3 Å². The lowest BCUT2D eigenvalue weighted by atomic mass is 9.98. The molecular weight excluding hydrogens is 236 g/mol. The minimum Gasteiger partial charge on any atom is -0.379 e. The summed E-state index contributed by atoms with van der Waals surface area (Å²) in [6, 6.07) is 0. The first-order valence-corrected chi connectivity index (χ1v) is 6.95. The van der Waals surface area contributed by atoms with Crippen molar-refractivity contribution in [3.8, 4) is 0 Å². The highest BCUT2D eigenvalue weighted by Crippen LogP contribution is 2.36. The Bertz CT molecular complexity index is 371. The Balaban J connectivity index is 1.58. The SMILES string of the molecule is CO[C@@H]1CO[C@]2(CCN(Cc3nccs3)C2)C1. The fourth-order valence-electron chi connectivity index (χ4n) is 2.82. The zero-order valence-electron chi connectivity index (χ0n) is 10.1. The summed E-state index contributed by atoms with van der Waals surface area (Å²) in [7, 11) is 1.77. The number of nitrogens with zero attached hydrogens (tertiary/aromatic N) is 2. The molecule has 2 aliphatic heterocycles. The molecule has 0 unspecified atom stereocenters. The van der Waals surface area contributed by atoms with Crippen LogP contribution in [0.4, 0.5) is 0 Å². The Kier molecular flexibility index (Phi) is 3.17. The van der Waals surface area contributed by atoms with Gasteiger partial charge in [0.2, 0.25) is 0 Å². The van der Waals surface area contributed by atoms with Gasteiger partial charge in [-0.3, -0.25) is 4.90 Å². The molecule has 0 aromatic carbocycles. The lowest BCUT2D eigenvalue weighted by Gasteiger charge is -2.22. The van der Waals surface area contributed by atoms with Crippen LogP contribution in [0.15, 0.2) is 11.6 Å². The fraction of sp³-hybridized carbons (Fsp3) is 0.750. The third-order valence-electron chi connectivity index (χ3n) is 3.75. The number of thiazole rings is 1. The molecule has 3 rings (SSSR count). The van der Waals surface area contributed by atoms with E-state index in [4.69, 9.17) is 9.47 Å². The second-order valence-electron chi connectivity index (χ2n) is 4.94. The first-order valence-electron chi connectivity index (χ1n) is 6.07. The van der Waals surface area contributed by atoms with Crippen molar-refractivity contribution in [2.75, 3.05) is 26.8 Å². The molecule has 17 heavy (non-hydrogen) atoms. The van der Waals surface area contributed by atoms with Crippen LogP contribution in [0.5, 0.6) is 0 Å². The van der Waals surface area contributed by atoms with Crippen LogP contribution in [0.1, 0.15) is 17.8 Å². The monoisotopic (exact) mass is 254 g/mol. The Labute approximate surface area is 106 Å². The van der Waals surface area contributed by atoms with E-state index in [1.165, 1.54) is 5.01 Å². The number of hydrogen-bond acceptors (Lipinski definition) is 5. The topological polar surface area (TPSA) is 34.6 Å². The van der Waals surface area contributed by atoms with E-state index in [-0.39, 0.29) is 11.7 Å². The second kappa shape index (κ2) is 4.65. The molecule has 5 heteroatoms. The van der Waals surface area contributed by atoms with Crippen molar-refractivity contribution in [1.29, 1.82) is 0 Å². The molecule has 1 aromatic rings. The predicted octanol–water partition coefficient (Wildman–Crippen LogP) is 1.52. The van der Waals surface area contributed by atoms with Gasteiger partial charge in [0.15, 0.2) is 0 Å². The molecule has 3 heterocycles. The van der Waals surface area contributed by atoms with Crippen LogP contribution < -0.4 is 0 Å². The lowest BCUT2D eigenvalue weighted by Crippen LogP contribution is -2.32. The smallest absolute Gasteiger partial charge is 0.107 e. The van der Waals surface area contributed by atoms with E-state index in [9.17, 15) is 0 Å². The van der Waals surface area contributed by atoms with E-state index in [0.29, 0.717) is 0 Å². The van der Waals surface area contributed by atoms with Gasteiger partial charge in [-0.05, 0) is 6.42 Å². The Morgan fingerprint density at radius 2 is 2.65 bits per heavy atom. The summed E-state index contributed by atoms with van der Waals surface area (Å²) in [5.74, 6) is 0. The van der Waals surface area contributed by atoms with Crippen LogP contribution in [-0.2, 0) is 16.0 Å². The molecule has 0 bridgehead atoms. The van der Waals surface area contributed by atoms with Gasteiger partial charge in [-0.1, -0.05) is 0 Å². The van der Waals surface area contributed by atoms with E-state index < -0.39 is 0 Å².